The molecule has 1 heterocycles. The van der Waals surface area contributed by atoms with E-state index in [4.69, 9.17) is 17.5 Å². The third kappa shape index (κ3) is 16.4. The maximum absolute atomic E-state index is 10.1. The van der Waals surface area contributed by atoms with Crippen LogP contribution < -0.4 is 0 Å². The van der Waals surface area contributed by atoms with Gasteiger partial charge in [0, 0.05) is 16.8 Å². The van der Waals surface area contributed by atoms with Crippen LogP contribution in [0.4, 0.5) is 0 Å². The van der Waals surface area contributed by atoms with Crippen LogP contribution in [0.15, 0.2) is 0 Å². The Morgan fingerprint density at radius 1 is 1.33 bits per heavy atom. The van der Waals surface area contributed by atoms with Crippen molar-refractivity contribution in [2.75, 3.05) is 6.54 Å². The maximum Gasteiger partial charge on any atom is 0.394 e. The van der Waals surface area contributed by atoms with Gasteiger partial charge in [-0.3, -0.25) is 9.11 Å². The van der Waals surface area contributed by atoms with E-state index < -0.39 is 10.4 Å². The van der Waals surface area contributed by atoms with Gasteiger partial charge in [-0.05, 0) is 6.42 Å². The van der Waals surface area contributed by atoms with E-state index in [1.807, 2.05) is 0 Å². The summed E-state index contributed by atoms with van der Waals surface area (Å²) in [6, 6.07) is 0. The molecule has 6 nitrogen and oxygen atoms in total. The molecule has 0 saturated carbocycles. The van der Waals surface area contributed by atoms with Crippen LogP contribution in [0.25, 0.3) is 5.32 Å². The fourth-order valence-electron chi connectivity index (χ4n) is 0.513. The molecule has 1 amide bonds. The third-order valence-electron chi connectivity index (χ3n) is 0.837. The molecule has 1 aliphatic heterocycles. The number of amides is 1. The van der Waals surface area contributed by atoms with Crippen LogP contribution in [0.2, 0.25) is 0 Å². The molecule has 2 N–H and O–H groups in total. The molecule has 1 rings (SSSR count). The van der Waals surface area contributed by atoms with Crippen LogP contribution in [-0.2, 0) is 32.0 Å². The van der Waals surface area contributed by atoms with Gasteiger partial charge in [-0.15, -0.1) is 6.54 Å². The smallest absolute Gasteiger partial charge is 0.394 e. The van der Waals surface area contributed by atoms with E-state index in [-0.39, 0.29) is 22.7 Å². The Bertz CT molecular complexity index is 210. The Kier molecular flexibility index (Phi) is 7.63. The molecule has 8 heteroatoms. The summed E-state index contributed by atoms with van der Waals surface area (Å²) in [5, 5.41) is 3.60. The zero-order chi connectivity index (χ0) is 8.91. The number of carbonyl (C=O) groups is 1. The summed E-state index contributed by atoms with van der Waals surface area (Å²) in [5.74, 6) is 0.0787. The molecule has 1 fully saturated rings. The van der Waals surface area contributed by atoms with E-state index in [2.05, 4.69) is 5.32 Å². The molecule has 1 aliphatic rings. The Morgan fingerprint density at radius 3 is 1.83 bits per heavy atom. The first kappa shape index (κ1) is 14.4. The summed E-state index contributed by atoms with van der Waals surface area (Å²) in [6.07, 6.45) is 1.65. The van der Waals surface area contributed by atoms with E-state index in [0.717, 1.165) is 13.0 Å². The predicted molar refractivity (Wildman–Crippen MR) is 36.6 cm³/mol. The molecule has 0 aromatic carbocycles. The van der Waals surface area contributed by atoms with Crippen molar-refractivity contribution in [3.05, 3.63) is 5.32 Å². The van der Waals surface area contributed by atoms with Crippen LogP contribution in [-0.4, -0.2) is 30.0 Å². The van der Waals surface area contributed by atoms with Crippen LogP contribution in [0, 0.1) is 0 Å². The van der Waals surface area contributed by atoms with Crippen molar-refractivity contribution in [3.63, 3.8) is 0 Å². The fourth-order valence-corrected chi connectivity index (χ4v) is 0.513. The number of hydrogen-bond donors (Lipinski definition) is 2. The molecule has 0 aromatic heterocycles. The minimum Gasteiger partial charge on any atom is -0.653 e. The molecule has 1 saturated heterocycles. The normalized spacial score (nSPS) is 15.3. The Morgan fingerprint density at radius 2 is 1.75 bits per heavy atom. The first-order valence-electron chi connectivity index (χ1n) is 2.80. The van der Waals surface area contributed by atoms with Gasteiger partial charge in [-0.25, -0.2) is 0 Å². The molecular formula is C4H8CoNO5S-. The Balaban J connectivity index is 0. The van der Waals surface area contributed by atoms with Crippen LogP contribution in [0.5, 0.6) is 0 Å². The number of rotatable bonds is 0. The third-order valence-corrected chi connectivity index (χ3v) is 0.837. The van der Waals surface area contributed by atoms with Gasteiger partial charge in [0.2, 0.25) is 0 Å². The van der Waals surface area contributed by atoms with Crippen molar-refractivity contribution in [2.24, 2.45) is 0 Å². The second kappa shape index (κ2) is 6.37. The summed E-state index contributed by atoms with van der Waals surface area (Å²) in [5.41, 5.74) is 0. The SMILES string of the molecule is O=C1CCC[N-]1.O=S(=O)(O)O.[Co]. The molecule has 0 bridgehead atoms. The number of carbonyl (C=O) groups excluding carboxylic acids is 1. The topological polar surface area (TPSA) is 106 Å². The minimum absolute atomic E-state index is 0. The van der Waals surface area contributed by atoms with E-state index in [1.54, 1.807) is 0 Å². The van der Waals surface area contributed by atoms with E-state index >= 15 is 0 Å². The van der Waals surface area contributed by atoms with E-state index in [0.29, 0.717) is 6.42 Å². The summed E-state index contributed by atoms with van der Waals surface area (Å²) < 4.78 is 31.6. The van der Waals surface area contributed by atoms with Crippen molar-refractivity contribution in [2.45, 2.75) is 12.8 Å². The zero-order valence-electron chi connectivity index (χ0n) is 5.93. The largest absolute Gasteiger partial charge is 0.653 e. The van der Waals surface area contributed by atoms with Gasteiger partial charge in [-0.2, -0.15) is 8.42 Å². The average molecular weight is 241 g/mol. The maximum atomic E-state index is 10.1. The van der Waals surface area contributed by atoms with Crippen molar-refractivity contribution in [3.8, 4) is 0 Å². The zero-order valence-corrected chi connectivity index (χ0v) is 7.79. The first-order chi connectivity index (χ1) is 4.89. The molecule has 1 radical (unpaired) electrons. The fraction of sp³-hybridized carbons (Fsp3) is 0.750. The molecular weight excluding hydrogens is 233 g/mol. The molecule has 0 atom stereocenters. The molecule has 0 spiro atoms. The van der Waals surface area contributed by atoms with Gasteiger partial charge in [0.1, 0.15) is 0 Å². The van der Waals surface area contributed by atoms with Crippen molar-refractivity contribution >= 4 is 16.3 Å². The standard InChI is InChI=1S/C4H7NO.Co.H2O4S/c6-4-2-1-3-5-4;;1-5(2,3)4/h1-3H2,(H,5,6);;(H2,1,2,3,4)/p-1. The molecule has 0 unspecified atom stereocenters. The molecule has 0 aromatic rings. The minimum atomic E-state index is -4.67. The van der Waals surface area contributed by atoms with E-state index in [1.165, 1.54) is 0 Å². The predicted octanol–water partition coefficient (Wildman–Crippen LogP) is 0.0252. The molecule has 12 heavy (non-hydrogen) atoms. The summed E-state index contributed by atoms with van der Waals surface area (Å²) in [4.78, 5) is 10.1. The number of nitrogens with zero attached hydrogens (tertiary/aromatic N) is 1. The van der Waals surface area contributed by atoms with Gasteiger partial charge >= 0.3 is 10.4 Å². The van der Waals surface area contributed by atoms with Gasteiger partial charge in [0.25, 0.3) is 0 Å². The first-order valence-corrected chi connectivity index (χ1v) is 4.19. The summed E-state index contributed by atoms with van der Waals surface area (Å²) in [6.45, 7) is 0.763. The average Bonchev–Trinajstić information content (AvgIpc) is 2.12. The number of hydrogen-bond acceptors (Lipinski definition) is 3. The van der Waals surface area contributed by atoms with Crippen molar-refractivity contribution < 1.29 is 39.1 Å². The van der Waals surface area contributed by atoms with Gasteiger partial charge in [0.15, 0.2) is 0 Å². The van der Waals surface area contributed by atoms with Gasteiger partial charge < -0.3 is 10.1 Å². The van der Waals surface area contributed by atoms with E-state index in [9.17, 15) is 4.79 Å². The Hall–Kier alpha value is -0.154. The van der Waals surface area contributed by atoms with Gasteiger partial charge in [0.05, 0.1) is 5.91 Å². The molecule has 75 valence electrons. The van der Waals surface area contributed by atoms with Crippen LogP contribution in [0.3, 0.4) is 0 Å². The Labute approximate surface area is 80.5 Å². The second-order valence-electron chi connectivity index (χ2n) is 1.83. The molecule has 0 aliphatic carbocycles. The van der Waals surface area contributed by atoms with Crippen molar-refractivity contribution in [1.82, 2.24) is 0 Å². The summed E-state index contributed by atoms with van der Waals surface area (Å²) >= 11 is 0. The van der Waals surface area contributed by atoms with Crippen LogP contribution >= 0.6 is 0 Å². The summed E-state index contributed by atoms with van der Waals surface area (Å²) in [7, 11) is -4.67. The van der Waals surface area contributed by atoms with Crippen LogP contribution in [0.1, 0.15) is 12.8 Å². The quantitative estimate of drug-likeness (QED) is 0.582. The van der Waals surface area contributed by atoms with Crippen molar-refractivity contribution in [1.29, 1.82) is 0 Å². The second-order valence-corrected chi connectivity index (χ2v) is 2.72. The monoisotopic (exact) mass is 241 g/mol. The van der Waals surface area contributed by atoms with Gasteiger partial charge in [-0.1, -0.05) is 6.42 Å².